The Bertz CT molecular complexity index is 287. The Balaban J connectivity index is 4.19. The zero-order valence-corrected chi connectivity index (χ0v) is 10.0. The maximum Gasteiger partial charge on any atom is 0.396 e. The standard InChI is InChI=1S/C10H18N2O4/c1-5-16-8(14)7(13)12-6-10(2,3)9(15)11-4/h5-6H2,1-4H3,(H,11,15)(H,12,13). The highest BCUT2D eigenvalue weighted by Gasteiger charge is 2.28. The molecule has 0 aliphatic heterocycles. The third-order valence-corrected chi connectivity index (χ3v) is 1.99. The molecule has 0 spiro atoms. The highest BCUT2D eigenvalue weighted by molar-refractivity contribution is 6.32. The second-order valence-corrected chi connectivity index (χ2v) is 3.87. The Labute approximate surface area is 94.7 Å². The summed E-state index contributed by atoms with van der Waals surface area (Å²) in [6.07, 6.45) is 0. The summed E-state index contributed by atoms with van der Waals surface area (Å²) in [4.78, 5) is 33.5. The van der Waals surface area contributed by atoms with Crippen LogP contribution in [-0.2, 0) is 19.1 Å². The minimum Gasteiger partial charge on any atom is -0.459 e. The summed E-state index contributed by atoms with van der Waals surface area (Å²) in [6, 6.07) is 0. The summed E-state index contributed by atoms with van der Waals surface area (Å²) in [5.41, 5.74) is -0.767. The van der Waals surface area contributed by atoms with Gasteiger partial charge in [0.15, 0.2) is 0 Å². The SMILES string of the molecule is CCOC(=O)C(=O)NCC(C)(C)C(=O)NC. The van der Waals surface area contributed by atoms with Gasteiger partial charge in [0.25, 0.3) is 0 Å². The number of nitrogens with one attached hydrogen (secondary N) is 2. The van der Waals surface area contributed by atoms with Gasteiger partial charge >= 0.3 is 11.9 Å². The van der Waals surface area contributed by atoms with Crippen LogP contribution in [0.5, 0.6) is 0 Å². The fraction of sp³-hybridized carbons (Fsp3) is 0.700. The van der Waals surface area contributed by atoms with E-state index in [0.717, 1.165) is 0 Å². The number of carbonyl (C=O) groups excluding carboxylic acids is 3. The highest BCUT2D eigenvalue weighted by Crippen LogP contribution is 2.12. The lowest BCUT2D eigenvalue weighted by molar-refractivity contribution is -0.154. The maximum absolute atomic E-state index is 11.4. The molecule has 0 saturated carbocycles. The van der Waals surface area contributed by atoms with E-state index in [-0.39, 0.29) is 19.1 Å². The molecule has 0 saturated heterocycles. The van der Waals surface area contributed by atoms with Crippen molar-refractivity contribution in [1.29, 1.82) is 0 Å². The van der Waals surface area contributed by atoms with Crippen molar-refractivity contribution in [3.8, 4) is 0 Å². The van der Waals surface area contributed by atoms with Gasteiger partial charge in [-0.25, -0.2) is 4.79 Å². The summed E-state index contributed by atoms with van der Waals surface area (Å²) < 4.78 is 4.50. The number of esters is 1. The second-order valence-electron chi connectivity index (χ2n) is 3.87. The van der Waals surface area contributed by atoms with Gasteiger partial charge in [-0.2, -0.15) is 0 Å². The van der Waals surface area contributed by atoms with Crippen LogP contribution in [0.4, 0.5) is 0 Å². The van der Waals surface area contributed by atoms with Gasteiger partial charge < -0.3 is 15.4 Å². The lowest BCUT2D eigenvalue weighted by Gasteiger charge is -2.22. The van der Waals surface area contributed by atoms with Gasteiger partial charge in [0.05, 0.1) is 12.0 Å². The Morgan fingerprint density at radius 2 is 1.81 bits per heavy atom. The van der Waals surface area contributed by atoms with Gasteiger partial charge in [0, 0.05) is 13.6 Å². The number of hydrogen-bond donors (Lipinski definition) is 2. The summed E-state index contributed by atoms with van der Waals surface area (Å²) in [5, 5.41) is 4.83. The van der Waals surface area contributed by atoms with Crippen LogP contribution in [0.2, 0.25) is 0 Å². The van der Waals surface area contributed by atoms with Crippen molar-refractivity contribution in [2.45, 2.75) is 20.8 Å². The molecule has 0 aromatic carbocycles. The van der Waals surface area contributed by atoms with Crippen LogP contribution in [0.1, 0.15) is 20.8 Å². The molecule has 0 rings (SSSR count). The monoisotopic (exact) mass is 230 g/mol. The van der Waals surface area contributed by atoms with E-state index in [9.17, 15) is 14.4 Å². The van der Waals surface area contributed by atoms with Crippen molar-refractivity contribution in [2.24, 2.45) is 5.41 Å². The average Bonchev–Trinajstić information content (AvgIpc) is 2.25. The summed E-state index contributed by atoms with van der Waals surface area (Å²) >= 11 is 0. The quantitative estimate of drug-likeness (QED) is 0.500. The molecule has 0 heterocycles. The van der Waals surface area contributed by atoms with E-state index in [1.807, 2.05) is 0 Å². The zero-order valence-electron chi connectivity index (χ0n) is 10.0. The summed E-state index contributed by atoms with van der Waals surface area (Å²) in [5.74, 6) is -1.98. The first kappa shape index (κ1) is 14.4. The molecule has 6 heteroatoms. The van der Waals surface area contributed by atoms with E-state index in [1.54, 1.807) is 20.8 Å². The lowest BCUT2D eigenvalue weighted by Crippen LogP contribution is -2.45. The molecule has 0 aromatic rings. The predicted octanol–water partition coefficient (Wildman–Crippen LogP) is -0.562. The molecule has 0 unspecified atom stereocenters. The molecular formula is C10H18N2O4. The fourth-order valence-corrected chi connectivity index (χ4v) is 0.989. The van der Waals surface area contributed by atoms with Gasteiger partial charge in [0.1, 0.15) is 0 Å². The minimum atomic E-state index is -0.935. The first-order chi connectivity index (χ1) is 7.35. The van der Waals surface area contributed by atoms with E-state index >= 15 is 0 Å². The number of rotatable bonds is 4. The van der Waals surface area contributed by atoms with Crippen LogP contribution >= 0.6 is 0 Å². The van der Waals surface area contributed by atoms with E-state index in [2.05, 4.69) is 15.4 Å². The Hall–Kier alpha value is -1.59. The smallest absolute Gasteiger partial charge is 0.396 e. The molecule has 0 fully saturated rings. The summed E-state index contributed by atoms with van der Waals surface area (Å²) in [6.45, 7) is 5.16. The van der Waals surface area contributed by atoms with Crippen molar-refractivity contribution < 1.29 is 19.1 Å². The van der Waals surface area contributed by atoms with Gasteiger partial charge in [-0.1, -0.05) is 0 Å². The molecule has 0 aliphatic rings. The van der Waals surface area contributed by atoms with Gasteiger partial charge in [-0.15, -0.1) is 0 Å². The van der Waals surface area contributed by atoms with Crippen molar-refractivity contribution in [3.63, 3.8) is 0 Å². The lowest BCUT2D eigenvalue weighted by atomic mass is 9.92. The van der Waals surface area contributed by atoms with Crippen LogP contribution in [0, 0.1) is 5.41 Å². The van der Waals surface area contributed by atoms with Crippen LogP contribution < -0.4 is 10.6 Å². The van der Waals surface area contributed by atoms with Crippen molar-refractivity contribution in [3.05, 3.63) is 0 Å². The minimum absolute atomic E-state index is 0.0737. The molecular weight excluding hydrogens is 212 g/mol. The van der Waals surface area contributed by atoms with Crippen molar-refractivity contribution >= 4 is 17.8 Å². The number of ether oxygens (including phenoxy) is 1. The van der Waals surface area contributed by atoms with Gasteiger partial charge in [-0.3, -0.25) is 9.59 Å². The number of hydrogen-bond acceptors (Lipinski definition) is 4. The molecule has 0 radical (unpaired) electrons. The third kappa shape index (κ3) is 4.29. The third-order valence-electron chi connectivity index (χ3n) is 1.99. The molecule has 0 atom stereocenters. The molecule has 2 N–H and O–H groups in total. The normalized spacial score (nSPS) is 10.5. The second kappa shape index (κ2) is 6.09. The van der Waals surface area contributed by atoms with Crippen LogP contribution in [0.25, 0.3) is 0 Å². The Kier molecular flexibility index (Phi) is 5.49. The van der Waals surface area contributed by atoms with E-state index in [0.29, 0.717) is 0 Å². The number of carbonyl (C=O) groups is 3. The molecule has 0 aliphatic carbocycles. The molecule has 0 bridgehead atoms. The zero-order chi connectivity index (χ0) is 12.8. The first-order valence-electron chi connectivity index (χ1n) is 5.02. The van der Waals surface area contributed by atoms with Crippen molar-refractivity contribution in [1.82, 2.24) is 10.6 Å². The molecule has 0 aromatic heterocycles. The largest absolute Gasteiger partial charge is 0.459 e. The van der Waals surface area contributed by atoms with E-state index in [4.69, 9.17) is 0 Å². The number of amides is 2. The van der Waals surface area contributed by atoms with E-state index < -0.39 is 17.3 Å². The van der Waals surface area contributed by atoms with Crippen molar-refractivity contribution in [2.75, 3.05) is 20.2 Å². The Morgan fingerprint density at radius 3 is 2.25 bits per heavy atom. The van der Waals surface area contributed by atoms with Crippen LogP contribution in [-0.4, -0.2) is 38.0 Å². The first-order valence-corrected chi connectivity index (χ1v) is 5.02. The molecule has 16 heavy (non-hydrogen) atoms. The summed E-state index contributed by atoms with van der Waals surface area (Å²) in [7, 11) is 1.51. The highest BCUT2D eigenvalue weighted by atomic mass is 16.5. The molecule has 92 valence electrons. The van der Waals surface area contributed by atoms with Crippen LogP contribution in [0.3, 0.4) is 0 Å². The van der Waals surface area contributed by atoms with Gasteiger partial charge in [0.2, 0.25) is 5.91 Å². The average molecular weight is 230 g/mol. The topological polar surface area (TPSA) is 84.5 Å². The predicted molar refractivity (Wildman–Crippen MR) is 57.5 cm³/mol. The van der Waals surface area contributed by atoms with E-state index in [1.165, 1.54) is 7.05 Å². The Morgan fingerprint density at radius 1 is 1.25 bits per heavy atom. The van der Waals surface area contributed by atoms with Gasteiger partial charge in [-0.05, 0) is 20.8 Å². The fourth-order valence-electron chi connectivity index (χ4n) is 0.989. The molecule has 2 amide bonds. The molecule has 6 nitrogen and oxygen atoms in total. The maximum atomic E-state index is 11.4. The van der Waals surface area contributed by atoms with Crippen LogP contribution in [0.15, 0.2) is 0 Å².